The number of hydrogen-bond donors (Lipinski definition) is 2. The van der Waals surface area contributed by atoms with E-state index < -0.39 is 35.7 Å². The van der Waals surface area contributed by atoms with Gasteiger partial charge in [0.05, 0.1) is 11.8 Å². The standard InChI is InChI=1S/C22H20Cl2O7/c23-15-5-1-3-13(11-15)17(7-9-19(25)26)21(29)31-22(30)18(8-10-20(27)28)14-4-2-6-16(24)12-14/h1-6,11-12,17-18H,7-10H2,(H,25,26)(H,27,28). The van der Waals surface area contributed by atoms with Gasteiger partial charge in [-0.25, -0.2) is 0 Å². The van der Waals surface area contributed by atoms with Crippen molar-refractivity contribution in [1.82, 2.24) is 0 Å². The third kappa shape index (κ3) is 7.70. The fourth-order valence-electron chi connectivity index (χ4n) is 3.06. The third-order valence-electron chi connectivity index (χ3n) is 4.57. The number of benzene rings is 2. The molecular weight excluding hydrogens is 447 g/mol. The van der Waals surface area contributed by atoms with E-state index in [9.17, 15) is 19.2 Å². The topological polar surface area (TPSA) is 118 Å². The fourth-order valence-corrected chi connectivity index (χ4v) is 3.46. The Balaban J connectivity index is 2.26. The van der Waals surface area contributed by atoms with Gasteiger partial charge in [-0.15, -0.1) is 0 Å². The lowest BCUT2D eigenvalue weighted by Gasteiger charge is -2.19. The van der Waals surface area contributed by atoms with Gasteiger partial charge in [0, 0.05) is 22.9 Å². The van der Waals surface area contributed by atoms with E-state index in [1.807, 2.05) is 0 Å². The van der Waals surface area contributed by atoms with E-state index in [0.29, 0.717) is 21.2 Å². The van der Waals surface area contributed by atoms with Crippen molar-refractivity contribution in [3.05, 3.63) is 69.7 Å². The lowest BCUT2D eigenvalue weighted by atomic mass is 9.93. The number of hydrogen-bond acceptors (Lipinski definition) is 5. The first-order valence-electron chi connectivity index (χ1n) is 9.37. The molecule has 0 saturated carbocycles. The van der Waals surface area contributed by atoms with Crippen molar-refractivity contribution in [2.75, 3.05) is 0 Å². The van der Waals surface area contributed by atoms with E-state index >= 15 is 0 Å². The number of ether oxygens (including phenoxy) is 1. The molecule has 9 heteroatoms. The Hall–Kier alpha value is -2.90. The molecule has 31 heavy (non-hydrogen) atoms. The van der Waals surface area contributed by atoms with Crippen LogP contribution in [0.3, 0.4) is 0 Å². The summed E-state index contributed by atoms with van der Waals surface area (Å²) >= 11 is 11.9. The molecule has 0 aliphatic rings. The van der Waals surface area contributed by atoms with Crippen LogP contribution >= 0.6 is 23.2 Å². The summed E-state index contributed by atoms with van der Waals surface area (Å²) in [5.74, 6) is -6.14. The number of carbonyl (C=O) groups is 4. The van der Waals surface area contributed by atoms with Gasteiger partial charge in [0.2, 0.25) is 0 Å². The molecule has 0 bridgehead atoms. The van der Waals surface area contributed by atoms with E-state index in [-0.39, 0.29) is 25.7 Å². The highest BCUT2D eigenvalue weighted by Crippen LogP contribution is 2.29. The summed E-state index contributed by atoms with van der Waals surface area (Å²) in [6.07, 6.45) is -0.841. The van der Waals surface area contributed by atoms with Crippen LogP contribution in [0, 0.1) is 0 Å². The van der Waals surface area contributed by atoms with Gasteiger partial charge in [0.1, 0.15) is 0 Å². The zero-order valence-corrected chi connectivity index (χ0v) is 17.8. The molecule has 2 aromatic carbocycles. The zero-order chi connectivity index (χ0) is 23.0. The highest BCUT2D eigenvalue weighted by atomic mass is 35.5. The van der Waals surface area contributed by atoms with Crippen LogP contribution in [0.15, 0.2) is 48.5 Å². The smallest absolute Gasteiger partial charge is 0.321 e. The minimum atomic E-state index is -1.11. The van der Waals surface area contributed by atoms with Gasteiger partial charge in [-0.3, -0.25) is 19.2 Å². The average Bonchev–Trinajstić information content (AvgIpc) is 2.68. The molecule has 0 heterocycles. The van der Waals surface area contributed by atoms with Crippen molar-refractivity contribution in [3.63, 3.8) is 0 Å². The molecule has 7 nitrogen and oxygen atoms in total. The number of halogens is 2. The Kier molecular flexibility index (Phi) is 9.03. The van der Waals surface area contributed by atoms with Crippen LogP contribution in [0.1, 0.15) is 48.6 Å². The van der Waals surface area contributed by atoms with Gasteiger partial charge in [-0.05, 0) is 48.2 Å². The molecule has 0 radical (unpaired) electrons. The SMILES string of the molecule is O=C(O)CCC(C(=O)OC(=O)C(CCC(=O)O)c1cccc(Cl)c1)c1cccc(Cl)c1. The fraction of sp³-hybridized carbons (Fsp3) is 0.273. The van der Waals surface area contributed by atoms with Crippen molar-refractivity contribution in [2.24, 2.45) is 0 Å². The highest BCUT2D eigenvalue weighted by molar-refractivity contribution is 6.31. The molecule has 2 rings (SSSR count). The first-order valence-corrected chi connectivity index (χ1v) is 10.1. The van der Waals surface area contributed by atoms with Gasteiger partial charge in [0.25, 0.3) is 0 Å². The summed E-state index contributed by atoms with van der Waals surface area (Å²) in [5, 5.41) is 18.7. The molecule has 2 N–H and O–H groups in total. The van der Waals surface area contributed by atoms with E-state index in [0.717, 1.165) is 0 Å². The van der Waals surface area contributed by atoms with Crippen LogP contribution in [0.25, 0.3) is 0 Å². The maximum atomic E-state index is 12.8. The predicted molar refractivity (Wildman–Crippen MR) is 113 cm³/mol. The van der Waals surface area contributed by atoms with Crippen molar-refractivity contribution < 1.29 is 34.1 Å². The summed E-state index contributed by atoms with van der Waals surface area (Å²) < 4.78 is 5.08. The van der Waals surface area contributed by atoms with Gasteiger partial charge in [-0.1, -0.05) is 47.5 Å². The second-order valence-electron chi connectivity index (χ2n) is 6.82. The van der Waals surface area contributed by atoms with Crippen molar-refractivity contribution in [3.8, 4) is 0 Å². The minimum Gasteiger partial charge on any atom is -0.481 e. The number of aliphatic carboxylic acids is 2. The largest absolute Gasteiger partial charge is 0.481 e. The number of carbonyl (C=O) groups excluding carboxylic acids is 2. The normalized spacial score (nSPS) is 12.6. The van der Waals surface area contributed by atoms with Crippen LogP contribution in [0.5, 0.6) is 0 Å². The predicted octanol–water partition coefficient (Wildman–Crippen LogP) is 4.66. The van der Waals surface area contributed by atoms with Crippen LogP contribution in [0.4, 0.5) is 0 Å². The molecular formula is C22H20Cl2O7. The van der Waals surface area contributed by atoms with E-state index in [1.54, 1.807) is 36.4 Å². The summed E-state index contributed by atoms with van der Waals surface area (Å²) in [6.45, 7) is 0. The molecule has 0 saturated heterocycles. The quantitative estimate of drug-likeness (QED) is 0.385. The lowest BCUT2D eigenvalue weighted by Crippen LogP contribution is -2.25. The van der Waals surface area contributed by atoms with Crippen LogP contribution < -0.4 is 0 Å². The van der Waals surface area contributed by atoms with Gasteiger partial charge in [-0.2, -0.15) is 0 Å². The molecule has 0 spiro atoms. The Labute approximate surface area is 188 Å². The molecule has 0 fully saturated rings. The molecule has 0 aliphatic carbocycles. The highest BCUT2D eigenvalue weighted by Gasteiger charge is 2.30. The first-order chi connectivity index (χ1) is 14.7. The van der Waals surface area contributed by atoms with Crippen LogP contribution in [-0.2, 0) is 23.9 Å². The number of carboxylic acids is 2. The van der Waals surface area contributed by atoms with E-state index in [4.69, 9.17) is 38.2 Å². The van der Waals surface area contributed by atoms with Crippen molar-refractivity contribution in [2.45, 2.75) is 37.5 Å². The van der Waals surface area contributed by atoms with Crippen LogP contribution in [0.2, 0.25) is 10.0 Å². The van der Waals surface area contributed by atoms with E-state index in [2.05, 4.69) is 0 Å². The Bertz CT molecular complexity index is 896. The monoisotopic (exact) mass is 466 g/mol. The maximum Gasteiger partial charge on any atom is 0.321 e. The molecule has 2 atom stereocenters. The van der Waals surface area contributed by atoms with Crippen molar-refractivity contribution >= 4 is 47.1 Å². The number of carboxylic acid groups (broad SMARTS) is 2. The van der Waals surface area contributed by atoms with Gasteiger partial charge >= 0.3 is 23.9 Å². The molecule has 0 aromatic heterocycles. The average molecular weight is 467 g/mol. The lowest BCUT2D eigenvalue weighted by molar-refractivity contribution is -0.162. The molecule has 0 aliphatic heterocycles. The molecule has 164 valence electrons. The minimum absolute atomic E-state index is 0.0985. The van der Waals surface area contributed by atoms with Crippen molar-refractivity contribution in [1.29, 1.82) is 0 Å². The maximum absolute atomic E-state index is 12.8. The summed E-state index contributed by atoms with van der Waals surface area (Å²) in [6, 6.07) is 12.6. The number of rotatable bonds is 10. The third-order valence-corrected chi connectivity index (χ3v) is 5.04. The summed E-state index contributed by atoms with van der Waals surface area (Å²) in [5.41, 5.74) is 0.827. The van der Waals surface area contributed by atoms with Gasteiger partial charge in [0.15, 0.2) is 0 Å². The second kappa shape index (κ2) is 11.5. The zero-order valence-electron chi connectivity index (χ0n) is 16.3. The Morgan fingerprint density at radius 2 is 1.13 bits per heavy atom. The van der Waals surface area contributed by atoms with Crippen LogP contribution in [-0.4, -0.2) is 34.1 Å². The molecule has 2 aromatic rings. The van der Waals surface area contributed by atoms with E-state index in [1.165, 1.54) is 12.1 Å². The second-order valence-corrected chi connectivity index (χ2v) is 7.69. The number of esters is 2. The molecule has 0 amide bonds. The summed E-state index contributed by atoms with van der Waals surface area (Å²) in [4.78, 5) is 47.6. The first kappa shape index (κ1) is 24.4. The van der Waals surface area contributed by atoms with Gasteiger partial charge < -0.3 is 14.9 Å². The Morgan fingerprint density at radius 1 is 0.742 bits per heavy atom. The summed E-state index contributed by atoms with van der Waals surface area (Å²) in [7, 11) is 0. The molecule has 2 unspecified atom stereocenters. The Morgan fingerprint density at radius 3 is 1.45 bits per heavy atom.